The molecule has 0 radical (unpaired) electrons. The van der Waals surface area contributed by atoms with Crippen molar-refractivity contribution < 1.29 is 23.5 Å². The lowest BCUT2D eigenvalue weighted by Gasteiger charge is -2.07. The molecule has 0 bridgehead atoms. The molecule has 0 aliphatic rings. The van der Waals surface area contributed by atoms with Gasteiger partial charge in [0, 0.05) is 17.3 Å². The summed E-state index contributed by atoms with van der Waals surface area (Å²) < 4.78 is 20.9. The van der Waals surface area contributed by atoms with E-state index in [2.05, 4.69) is 15.5 Å². The summed E-state index contributed by atoms with van der Waals surface area (Å²) in [7, 11) is 4.72. The molecule has 0 saturated carbocycles. The van der Waals surface area contributed by atoms with E-state index in [1.807, 2.05) is 18.2 Å². The van der Waals surface area contributed by atoms with Crippen LogP contribution < -0.4 is 19.5 Å². The van der Waals surface area contributed by atoms with Crippen molar-refractivity contribution in [2.24, 2.45) is 0 Å². The summed E-state index contributed by atoms with van der Waals surface area (Å²) in [6, 6.07) is 12.6. The number of methoxy groups -OCH3 is 3. The third-order valence-corrected chi connectivity index (χ3v) is 4.84. The second-order valence-electron chi connectivity index (χ2n) is 5.85. The van der Waals surface area contributed by atoms with Gasteiger partial charge in [0.2, 0.25) is 17.6 Å². The number of amides is 1. The van der Waals surface area contributed by atoms with Gasteiger partial charge in [-0.1, -0.05) is 11.2 Å². The molecule has 2 aromatic carbocycles. The van der Waals surface area contributed by atoms with Crippen molar-refractivity contribution in [1.82, 2.24) is 10.1 Å². The normalized spacial score (nSPS) is 10.4. The first-order chi connectivity index (χ1) is 14.1. The summed E-state index contributed by atoms with van der Waals surface area (Å²) in [5.41, 5.74) is 1.43. The van der Waals surface area contributed by atoms with Crippen LogP contribution in [0.4, 0.5) is 5.69 Å². The van der Waals surface area contributed by atoms with Gasteiger partial charge in [0.05, 0.1) is 32.8 Å². The SMILES string of the molecule is COc1cccc(NC(=O)CSCc2nc(-c3ccc(OC)c(OC)c3)no2)c1. The van der Waals surface area contributed by atoms with Crippen molar-refractivity contribution >= 4 is 23.4 Å². The van der Waals surface area contributed by atoms with Crippen LogP contribution in [0.2, 0.25) is 0 Å². The summed E-state index contributed by atoms with van der Waals surface area (Å²) in [6.07, 6.45) is 0. The van der Waals surface area contributed by atoms with Crippen LogP contribution in [-0.4, -0.2) is 43.1 Å². The predicted octanol–water partition coefficient (Wildman–Crippen LogP) is 3.63. The van der Waals surface area contributed by atoms with Gasteiger partial charge in [-0.05, 0) is 30.3 Å². The molecule has 8 nitrogen and oxygen atoms in total. The van der Waals surface area contributed by atoms with Crippen LogP contribution in [0, 0.1) is 0 Å². The summed E-state index contributed by atoms with van der Waals surface area (Å²) in [6.45, 7) is 0. The van der Waals surface area contributed by atoms with E-state index in [1.54, 1.807) is 45.6 Å². The lowest BCUT2D eigenvalue weighted by atomic mass is 10.2. The number of nitrogens with one attached hydrogen (secondary N) is 1. The lowest BCUT2D eigenvalue weighted by molar-refractivity contribution is -0.113. The van der Waals surface area contributed by atoms with E-state index in [4.69, 9.17) is 18.7 Å². The van der Waals surface area contributed by atoms with Crippen molar-refractivity contribution in [2.45, 2.75) is 5.75 Å². The predicted molar refractivity (Wildman–Crippen MR) is 111 cm³/mol. The molecule has 0 saturated heterocycles. The third-order valence-electron chi connectivity index (χ3n) is 3.92. The molecule has 1 N–H and O–H groups in total. The van der Waals surface area contributed by atoms with E-state index < -0.39 is 0 Å². The zero-order valence-corrected chi connectivity index (χ0v) is 17.1. The maximum atomic E-state index is 12.1. The van der Waals surface area contributed by atoms with Gasteiger partial charge in [-0.3, -0.25) is 4.79 Å². The molecule has 29 heavy (non-hydrogen) atoms. The second kappa shape index (κ2) is 9.83. The zero-order chi connectivity index (χ0) is 20.6. The maximum absolute atomic E-state index is 12.1. The Morgan fingerprint density at radius 2 is 1.90 bits per heavy atom. The highest BCUT2D eigenvalue weighted by molar-refractivity contribution is 7.99. The van der Waals surface area contributed by atoms with Crippen LogP contribution >= 0.6 is 11.8 Å². The monoisotopic (exact) mass is 415 g/mol. The molecule has 1 aromatic heterocycles. The number of ether oxygens (including phenoxy) is 3. The molecule has 3 aromatic rings. The van der Waals surface area contributed by atoms with Crippen molar-refractivity contribution in [1.29, 1.82) is 0 Å². The Kier molecular flexibility index (Phi) is 6.96. The molecule has 1 heterocycles. The molecule has 152 valence electrons. The van der Waals surface area contributed by atoms with E-state index in [1.165, 1.54) is 11.8 Å². The average Bonchev–Trinajstić information content (AvgIpc) is 3.22. The van der Waals surface area contributed by atoms with E-state index in [-0.39, 0.29) is 11.7 Å². The lowest BCUT2D eigenvalue weighted by Crippen LogP contribution is -2.14. The summed E-state index contributed by atoms with van der Waals surface area (Å²) in [5, 5.41) is 6.82. The number of aromatic nitrogens is 2. The Morgan fingerprint density at radius 3 is 2.66 bits per heavy atom. The van der Waals surface area contributed by atoms with Crippen LogP contribution in [0.15, 0.2) is 47.0 Å². The van der Waals surface area contributed by atoms with Crippen LogP contribution in [0.1, 0.15) is 5.89 Å². The van der Waals surface area contributed by atoms with E-state index in [0.29, 0.717) is 40.4 Å². The van der Waals surface area contributed by atoms with E-state index >= 15 is 0 Å². The first-order valence-corrected chi connectivity index (χ1v) is 9.85. The Labute approximate surface area is 172 Å². The number of hydrogen-bond donors (Lipinski definition) is 1. The summed E-state index contributed by atoms with van der Waals surface area (Å²) >= 11 is 1.38. The van der Waals surface area contributed by atoms with Gasteiger partial charge in [0.25, 0.3) is 0 Å². The number of anilines is 1. The van der Waals surface area contributed by atoms with Gasteiger partial charge in [0.1, 0.15) is 5.75 Å². The van der Waals surface area contributed by atoms with Crippen LogP contribution in [-0.2, 0) is 10.5 Å². The van der Waals surface area contributed by atoms with Crippen molar-refractivity contribution in [2.75, 3.05) is 32.4 Å². The quantitative estimate of drug-likeness (QED) is 0.566. The Bertz CT molecular complexity index is 976. The number of carbonyl (C=O) groups excluding carboxylic acids is 1. The highest BCUT2D eigenvalue weighted by atomic mass is 32.2. The number of nitrogens with zero attached hydrogens (tertiary/aromatic N) is 2. The topological polar surface area (TPSA) is 95.7 Å². The Hall–Kier alpha value is -3.20. The molecule has 9 heteroatoms. The van der Waals surface area contributed by atoms with E-state index in [0.717, 1.165) is 5.56 Å². The minimum absolute atomic E-state index is 0.122. The first kappa shape index (κ1) is 20.5. The highest BCUT2D eigenvalue weighted by Crippen LogP contribution is 2.31. The Morgan fingerprint density at radius 1 is 1.07 bits per heavy atom. The van der Waals surface area contributed by atoms with Gasteiger partial charge in [0.15, 0.2) is 11.5 Å². The summed E-state index contributed by atoms with van der Waals surface area (Å²) in [5.74, 6) is 3.33. The van der Waals surface area contributed by atoms with Crippen LogP contribution in [0.25, 0.3) is 11.4 Å². The molecule has 0 spiro atoms. The number of rotatable bonds is 9. The number of carbonyl (C=O) groups is 1. The maximum Gasteiger partial charge on any atom is 0.236 e. The first-order valence-electron chi connectivity index (χ1n) is 8.69. The molecule has 3 rings (SSSR count). The molecule has 0 fully saturated rings. The van der Waals surface area contributed by atoms with Gasteiger partial charge in [-0.15, -0.1) is 11.8 Å². The van der Waals surface area contributed by atoms with Gasteiger partial charge in [-0.25, -0.2) is 0 Å². The molecule has 0 aliphatic carbocycles. The van der Waals surface area contributed by atoms with Crippen molar-refractivity contribution in [3.8, 4) is 28.6 Å². The molecular formula is C20H21N3O5S. The van der Waals surface area contributed by atoms with Crippen LogP contribution in [0.5, 0.6) is 17.2 Å². The van der Waals surface area contributed by atoms with Crippen molar-refractivity contribution in [3.05, 3.63) is 48.4 Å². The van der Waals surface area contributed by atoms with E-state index in [9.17, 15) is 4.79 Å². The molecular weight excluding hydrogens is 394 g/mol. The molecule has 0 unspecified atom stereocenters. The number of thioether (sulfide) groups is 1. The number of hydrogen-bond acceptors (Lipinski definition) is 8. The molecule has 0 aliphatic heterocycles. The minimum atomic E-state index is -0.122. The molecule has 1 amide bonds. The molecule has 0 atom stereocenters. The highest BCUT2D eigenvalue weighted by Gasteiger charge is 2.13. The fourth-order valence-electron chi connectivity index (χ4n) is 2.53. The minimum Gasteiger partial charge on any atom is -0.497 e. The van der Waals surface area contributed by atoms with Crippen LogP contribution in [0.3, 0.4) is 0 Å². The van der Waals surface area contributed by atoms with Crippen molar-refractivity contribution in [3.63, 3.8) is 0 Å². The fourth-order valence-corrected chi connectivity index (χ4v) is 3.19. The second-order valence-corrected chi connectivity index (χ2v) is 6.84. The zero-order valence-electron chi connectivity index (χ0n) is 16.3. The third kappa shape index (κ3) is 5.41. The summed E-state index contributed by atoms with van der Waals surface area (Å²) in [4.78, 5) is 16.5. The van der Waals surface area contributed by atoms with Gasteiger partial charge >= 0.3 is 0 Å². The standard InChI is InChI=1S/C20H21N3O5S/c1-25-15-6-4-5-14(10-15)21-18(24)11-29-12-19-22-20(23-28-19)13-7-8-16(26-2)17(9-13)27-3/h4-10H,11-12H2,1-3H3,(H,21,24). The number of benzene rings is 2. The largest absolute Gasteiger partial charge is 0.497 e. The fraction of sp³-hybridized carbons (Fsp3) is 0.250. The smallest absolute Gasteiger partial charge is 0.236 e. The average molecular weight is 415 g/mol. The Balaban J connectivity index is 1.53. The van der Waals surface area contributed by atoms with Gasteiger partial charge in [-0.2, -0.15) is 4.98 Å². The van der Waals surface area contributed by atoms with Gasteiger partial charge < -0.3 is 24.1 Å².